The quantitative estimate of drug-likeness (QED) is 0.921. The van der Waals surface area contributed by atoms with Crippen LogP contribution >= 0.6 is 0 Å². The molecule has 3 rings (SSSR count). The second-order valence-electron chi connectivity index (χ2n) is 5.67. The molecule has 1 N–H and O–H groups in total. The molecule has 4 heteroatoms. The Morgan fingerprint density at radius 1 is 1.05 bits per heavy atom. The first-order valence-corrected chi connectivity index (χ1v) is 6.74. The van der Waals surface area contributed by atoms with E-state index in [1.54, 1.807) is 37.4 Å². The molecule has 2 aromatic rings. The minimum absolute atomic E-state index is 0.343. The van der Waals surface area contributed by atoms with Crippen LogP contribution in [0.3, 0.4) is 0 Å². The fourth-order valence-corrected chi connectivity index (χ4v) is 2.82. The molecule has 0 bridgehead atoms. The molecule has 1 heterocycles. The summed E-state index contributed by atoms with van der Waals surface area (Å²) < 4.78 is 24.5. The minimum atomic E-state index is -1.58. The van der Waals surface area contributed by atoms with E-state index in [0.29, 0.717) is 22.4 Å². The van der Waals surface area contributed by atoms with Gasteiger partial charge >= 0.3 is 0 Å². The Labute approximate surface area is 122 Å². The number of benzene rings is 2. The number of hydrogen-bond acceptors (Lipinski definition) is 3. The monoisotopic (exact) mass is 288 g/mol. The predicted molar refractivity (Wildman–Crippen MR) is 76.5 cm³/mol. The Hall–Kier alpha value is -1.91. The average Bonchev–Trinajstić information content (AvgIpc) is 2.66. The molecule has 0 saturated heterocycles. The Morgan fingerprint density at radius 3 is 2.33 bits per heavy atom. The number of ether oxygens (including phenoxy) is 2. The predicted octanol–water partition coefficient (Wildman–Crippen LogP) is 3.29. The first-order chi connectivity index (χ1) is 9.87. The summed E-state index contributed by atoms with van der Waals surface area (Å²) in [6, 6.07) is 11.3. The van der Waals surface area contributed by atoms with Crippen LogP contribution in [0.15, 0.2) is 42.5 Å². The Bertz CT molecular complexity index is 679. The zero-order valence-electron chi connectivity index (χ0n) is 12.2. The number of rotatable bonds is 2. The molecular formula is C17H17FO3. The fraction of sp³-hybridized carbons (Fsp3) is 0.294. The highest BCUT2D eigenvalue weighted by molar-refractivity contribution is 5.46. The molecule has 1 aliphatic heterocycles. The molecular weight excluding hydrogens is 271 g/mol. The fourth-order valence-electron chi connectivity index (χ4n) is 2.82. The summed E-state index contributed by atoms with van der Waals surface area (Å²) >= 11 is 0. The van der Waals surface area contributed by atoms with Crippen molar-refractivity contribution in [2.45, 2.75) is 25.2 Å². The average molecular weight is 288 g/mol. The van der Waals surface area contributed by atoms with Crippen molar-refractivity contribution in [2.24, 2.45) is 0 Å². The van der Waals surface area contributed by atoms with Gasteiger partial charge in [-0.05, 0) is 61.9 Å². The summed E-state index contributed by atoms with van der Waals surface area (Å²) in [5, 5.41) is 11.0. The highest BCUT2D eigenvalue weighted by Gasteiger charge is 2.49. The van der Waals surface area contributed by atoms with Gasteiger partial charge in [0.15, 0.2) is 0 Å². The van der Waals surface area contributed by atoms with Crippen LogP contribution in [-0.2, 0) is 16.1 Å². The largest absolute Gasteiger partial charge is 0.497 e. The molecule has 1 unspecified atom stereocenters. The second-order valence-corrected chi connectivity index (χ2v) is 5.67. The molecule has 0 amide bonds. The number of halogens is 1. The van der Waals surface area contributed by atoms with Gasteiger partial charge in [0.05, 0.1) is 12.7 Å². The van der Waals surface area contributed by atoms with Gasteiger partial charge in [0, 0.05) is 11.1 Å². The molecule has 0 aliphatic carbocycles. The lowest BCUT2D eigenvalue weighted by Gasteiger charge is -2.27. The van der Waals surface area contributed by atoms with Gasteiger partial charge in [-0.1, -0.05) is 0 Å². The third kappa shape index (κ3) is 2.11. The first kappa shape index (κ1) is 14.0. The third-order valence-corrected chi connectivity index (χ3v) is 3.88. The van der Waals surface area contributed by atoms with Crippen LogP contribution in [-0.4, -0.2) is 12.2 Å². The summed E-state index contributed by atoms with van der Waals surface area (Å²) in [6.45, 7) is 3.62. The Balaban J connectivity index is 2.14. The summed E-state index contributed by atoms with van der Waals surface area (Å²) in [4.78, 5) is 0. The molecule has 1 aliphatic rings. The van der Waals surface area contributed by atoms with Crippen molar-refractivity contribution in [1.82, 2.24) is 0 Å². The van der Waals surface area contributed by atoms with E-state index in [4.69, 9.17) is 9.47 Å². The van der Waals surface area contributed by atoms with Crippen LogP contribution in [0.5, 0.6) is 5.75 Å². The number of aliphatic hydroxyl groups is 1. The summed E-state index contributed by atoms with van der Waals surface area (Å²) in [7, 11) is 1.58. The van der Waals surface area contributed by atoms with E-state index in [0.717, 1.165) is 0 Å². The molecule has 3 nitrogen and oxygen atoms in total. The molecule has 0 aromatic heterocycles. The van der Waals surface area contributed by atoms with E-state index in [1.807, 2.05) is 13.8 Å². The standard InChI is InChI=1S/C17H17FO3/c1-16(2)15-10-12(18)6-9-14(15)17(19,21-16)11-4-7-13(20-3)8-5-11/h4-10,19H,1-3H3. The van der Waals surface area contributed by atoms with Crippen molar-refractivity contribution < 1.29 is 19.0 Å². The molecule has 1 atom stereocenters. The van der Waals surface area contributed by atoms with Gasteiger partial charge in [0.2, 0.25) is 5.79 Å². The zero-order valence-corrected chi connectivity index (χ0v) is 12.2. The minimum Gasteiger partial charge on any atom is -0.497 e. The lowest BCUT2D eigenvalue weighted by Crippen LogP contribution is -2.30. The van der Waals surface area contributed by atoms with Crippen molar-refractivity contribution in [2.75, 3.05) is 7.11 Å². The van der Waals surface area contributed by atoms with Crippen LogP contribution in [0.25, 0.3) is 0 Å². The van der Waals surface area contributed by atoms with E-state index >= 15 is 0 Å². The maximum Gasteiger partial charge on any atom is 0.221 e. The second kappa shape index (κ2) is 4.55. The molecule has 21 heavy (non-hydrogen) atoms. The normalized spacial score (nSPS) is 22.9. The van der Waals surface area contributed by atoms with Crippen molar-refractivity contribution in [1.29, 1.82) is 0 Å². The Morgan fingerprint density at radius 2 is 1.71 bits per heavy atom. The van der Waals surface area contributed by atoms with Gasteiger partial charge in [-0.15, -0.1) is 0 Å². The van der Waals surface area contributed by atoms with Crippen LogP contribution in [0.4, 0.5) is 4.39 Å². The molecule has 0 radical (unpaired) electrons. The van der Waals surface area contributed by atoms with Gasteiger partial charge < -0.3 is 14.6 Å². The number of fused-ring (bicyclic) bond motifs is 1. The molecule has 2 aromatic carbocycles. The van der Waals surface area contributed by atoms with Gasteiger partial charge in [0.1, 0.15) is 11.6 Å². The third-order valence-electron chi connectivity index (χ3n) is 3.88. The van der Waals surface area contributed by atoms with Crippen LogP contribution in [0.1, 0.15) is 30.5 Å². The van der Waals surface area contributed by atoms with E-state index in [9.17, 15) is 9.50 Å². The van der Waals surface area contributed by atoms with E-state index in [-0.39, 0.29) is 5.82 Å². The highest BCUT2D eigenvalue weighted by Crippen LogP contribution is 2.49. The van der Waals surface area contributed by atoms with Gasteiger partial charge in [-0.25, -0.2) is 4.39 Å². The number of methoxy groups -OCH3 is 1. The maximum atomic E-state index is 13.5. The molecule has 0 spiro atoms. The van der Waals surface area contributed by atoms with Gasteiger partial charge in [-0.2, -0.15) is 0 Å². The van der Waals surface area contributed by atoms with Crippen LogP contribution in [0.2, 0.25) is 0 Å². The van der Waals surface area contributed by atoms with Crippen molar-refractivity contribution in [3.05, 3.63) is 65.0 Å². The molecule has 0 saturated carbocycles. The van der Waals surface area contributed by atoms with E-state index in [1.165, 1.54) is 12.1 Å². The lowest BCUT2D eigenvalue weighted by molar-refractivity contribution is -0.222. The Kier molecular flexibility index (Phi) is 3.04. The summed E-state index contributed by atoms with van der Waals surface area (Å²) in [5.74, 6) is -1.23. The summed E-state index contributed by atoms with van der Waals surface area (Å²) in [5.41, 5.74) is 1.04. The SMILES string of the molecule is COc1ccc(C2(O)OC(C)(C)c3cc(F)ccc32)cc1. The maximum absolute atomic E-state index is 13.5. The van der Waals surface area contributed by atoms with Crippen LogP contribution in [0, 0.1) is 5.82 Å². The summed E-state index contributed by atoms with van der Waals surface area (Å²) in [6.07, 6.45) is 0. The van der Waals surface area contributed by atoms with Crippen LogP contribution < -0.4 is 4.74 Å². The van der Waals surface area contributed by atoms with Crippen molar-refractivity contribution in [3.63, 3.8) is 0 Å². The van der Waals surface area contributed by atoms with E-state index < -0.39 is 11.4 Å². The van der Waals surface area contributed by atoms with E-state index in [2.05, 4.69) is 0 Å². The number of hydrogen-bond donors (Lipinski definition) is 1. The topological polar surface area (TPSA) is 38.7 Å². The highest BCUT2D eigenvalue weighted by atomic mass is 19.1. The smallest absolute Gasteiger partial charge is 0.221 e. The molecule has 110 valence electrons. The zero-order chi connectivity index (χ0) is 15.3. The molecule has 0 fully saturated rings. The van der Waals surface area contributed by atoms with Gasteiger partial charge in [0.25, 0.3) is 0 Å². The van der Waals surface area contributed by atoms with Crippen molar-refractivity contribution >= 4 is 0 Å². The lowest BCUT2D eigenvalue weighted by atomic mass is 9.91. The van der Waals surface area contributed by atoms with Gasteiger partial charge in [-0.3, -0.25) is 0 Å². The van der Waals surface area contributed by atoms with Crippen molar-refractivity contribution in [3.8, 4) is 5.75 Å². The first-order valence-electron chi connectivity index (χ1n) is 6.74.